The van der Waals surface area contributed by atoms with E-state index in [9.17, 15) is 4.79 Å². The quantitative estimate of drug-likeness (QED) is 0.846. The predicted octanol–water partition coefficient (Wildman–Crippen LogP) is 2.20. The van der Waals surface area contributed by atoms with Gasteiger partial charge in [-0.15, -0.1) is 0 Å². The van der Waals surface area contributed by atoms with Crippen molar-refractivity contribution < 1.29 is 4.79 Å². The third kappa shape index (κ3) is 3.89. The second kappa shape index (κ2) is 6.48. The van der Waals surface area contributed by atoms with E-state index in [1.165, 1.54) is 0 Å². The van der Waals surface area contributed by atoms with Gasteiger partial charge < -0.3 is 4.90 Å². The smallest absolute Gasteiger partial charge is 0.271 e. The summed E-state index contributed by atoms with van der Waals surface area (Å²) in [5.74, 6) is -0.130. The normalized spacial score (nSPS) is 16.2. The number of carbonyl (C=O) groups is 1. The van der Waals surface area contributed by atoms with Crippen molar-refractivity contribution in [1.29, 1.82) is 0 Å². The monoisotopic (exact) mass is 259 g/mol. The third-order valence-electron chi connectivity index (χ3n) is 3.48. The number of benzene rings is 1. The Labute approximate surface area is 114 Å². The highest BCUT2D eigenvalue weighted by atomic mass is 16.2. The first kappa shape index (κ1) is 13.7. The largest absolute Gasteiger partial charge is 0.303 e. The van der Waals surface area contributed by atoms with E-state index in [0.29, 0.717) is 5.56 Å². The predicted molar refractivity (Wildman–Crippen MR) is 77.4 cm³/mol. The number of aryl methyl sites for hydroxylation is 1. The molecule has 0 bridgehead atoms. The highest BCUT2D eigenvalue weighted by Crippen LogP contribution is 2.07. The van der Waals surface area contributed by atoms with Gasteiger partial charge in [0, 0.05) is 37.2 Å². The van der Waals surface area contributed by atoms with Gasteiger partial charge in [0.25, 0.3) is 5.91 Å². The first-order valence-electron chi connectivity index (χ1n) is 6.84. The van der Waals surface area contributed by atoms with Gasteiger partial charge in [-0.1, -0.05) is 24.6 Å². The number of carbonyl (C=O) groups excluding carboxylic acids is 1. The molecule has 102 valence electrons. The molecule has 1 amide bonds. The van der Waals surface area contributed by atoms with Gasteiger partial charge in [0.05, 0.1) is 0 Å². The lowest BCUT2D eigenvalue weighted by atomic mass is 10.1. The van der Waals surface area contributed by atoms with Gasteiger partial charge >= 0.3 is 0 Å². The van der Waals surface area contributed by atoms with E-state index in [1.54, 1.807) is 0 Å². The van der Waals surface area contributed by atoms with Crippen LogP contribution in [0.2, 0.25) is 0 Å². The Bertz CT molecular complexity index is 472. The molecule has 0 aliphatic carbocycles. The summed E-state index contributed by atoms with van der Waals surface area (Å²) in [6.45, 7) is 7.30. The van der Waals surface area contributed by atoms with Crippen LogP contribution in [0.3, 0.4) is 0 Å². The second-order valence-electron chi connectivity index (χ2n) is 4.92. The molecule has 1 heterocycles. The number of nitrogens with zero attached hydrogens (tertiary/aromatic N) is 2. The van der Waals surface area contributed by atoms with Gasteiger partial charge in [0.1, 0.15) is 0 Å². The lowest BCUT2D eigenvalue weighted by Crippen LogP contribution is -2.34. The van der Waals surface area contributed by atoms with Crippen LogP contribution >= 0.6 is 0 Å². The van der Waals surface area contributed by atoms with Gasteiger partial charge in [-0.2, -0.15) is 5.10 Å². The van der Waals surface area contributed by atoms with Crippen molar-refractivity contribution >= 4 is 11.6 Å². The Kier molecular flexibility index (Phi) is 4.68. The van der Waals surface area contributed by atoms with E-state index in [4.69, 9.17) is 0 Å². The summed E-state index contributed by atoms with van der Waals surface area (Å²) < 4.78 is 0. The third-order valence-corrected chi connectivity index (χ3v) is 3.48. The van der Waals surface area contributed by atoms with Gasteiger partial charge in [0.2, 0.25) is 0 Å². The minimum absolute atomic E-state index is 0.130. The van der Waals surface area contributed by atoms with Crippen LogP contribution in [0.4, 0.5) is 0 Å². The fourth-order valence-electron chi connectivity index (χ4n) is 2.22. The fraction of sp³-hybridized carbons (Fsp3) is 0.467. The molecule has 4 nitrogen and oxygen atoms in total. The van der Waals surface area contributed by atoms with Crippen molar-refractivity contribution in [2.75, 3.05) is 19.6 Å². The van der Waals surface area contributed by atoms with E-state index < -0.39 is 0 Å². The number of amides is 1. The van der Waals surface area contributed by atoms with Crippen LogP contribution in [0.5, 0.6) is 0 Å². The van der Waals surface area contributed by atoms with E-state index in [-0.39, 0.29) is 5.91 Å². The van der Waals surface area contributed by atoms with Gasteiger partial charge in [-0.3, -0.25) is 4.79 Å². The molecule has 0 atom stereocenters. The van der Waals surface area contributed by atoms with Crippen LogP contribution in [0, 0.1) is 6.92 Å². The van der Waals surface area contributed by atoms with E-state index in [0.717, 1.165) is 43.8 Å². The SMILES string of the molecule is CCN1CCC(=NNC(=O)c2cccc(C)c2)CC1. The molecule has 1 fully saturated rings. The maximum atomic E-state index is 11.9. The molecule has 2 rings (SSSR count). The maximum absolute atomic E-state index is 11.9. The minimum Gasteiger partial charge on any atom is -0.303 e. The van der Waals surface area contributed by atoms with Crippen molar-refractivity contribution in [3.05, 3.63) is 35.4 Å². The van der Waals surface area contributed by atoms with E-state index in [1.807, 2.05) is 31.2 Å². The molecule has 19 heavy (non-hydrogen) atoms. The minimum atomic E-state index is -0.130. The Morgan fingerprint density at radius 1 is 1.37 bits per heavy atom. The topological polar surface area (TPSA) is 44.7 Å². The highest BCUT2D eigenvalue weighted by Gasteiger charge is 2.13. The average molecular weight is 259 g/mol. The van der Waals surface area contributed by atoms with Crippen LogP contribution in [-0.4, -0.2) is 36.2 Å². The summed E-state index contributed by atoms with van der Waals surface area (Å²) in [4.78, 5) is 14.3. The van der Waals surface area contributed by atoms with Crippen LogP contribution in [0.25, 0.3) is 0 Å². The summed E-state index contributed by atoms with van der Waals surface area (Å²) >= 11 is 0. The molecule has 1 aliphatic heterocycles. The van der Waals surface area contributed by atoms with Crippen LogP contribution in [-0.2, 0) is 0 Å². The van der Waals surface area contributed by atoms with Crippen molar-refractivity contribution in [1.82, 2.24) is 10.3 Å². The Morgan fingerprint density at radius 3 is 2.74 bits per heavy atom. The number of hydrogen-bond donors (Lipinski definition) is 1. The van der Waals surface area contributed by atoms with Crippen molar-refractivity contribution in [2.24, 2.45) is 5.10 Å². The number of likely N-dealkylation sites (tertiary alicyclic amines) is 1. The number of rotatable bonds is 3. The molecular formula is C15H21N3O. The average Bonchev–Trinajstić information content (AvgIpc) is 2.45. The molecule has 1 saturated heterocycles. The second-order valence-corrected chi connectivity index (χ2v) is 4.92. The molecule has 1 aromatic rings. The summed E-state index contributed by atoms with van der Waals surface area (Å²) in [5, 5.41) is 4.25. The zero-order chi connectivity index (χ0) is 13.7. The Balaban J connectivity index is 1.90. The molecule has 0 aromatic heterocycles. The summed E-state index contributed by atoms with van der Waals surface area (Å²) in [6.07, 6.45) is 1.89. The molecular weight excluding hydrogens is 238 g/mol. The van der Waals surface area contributed by atoms with E-state index in [2.05, 4.69) is 22.4 Å². The molecule has 1 aromatic carbocycles. The molecule has 1 aliphatic rings. The van der Waals surface area contributed by atoms with Gasteiger partial charge in [0.15, 0.2) is 0 Å². The summed E-state index contributed by atoms with van der Waals surface area (Å²) in [7, 11) is 0. The van der Waals surface area contributed by atoms with E-state index >= 15 is 0 Å². The zero-order valence-corrected chi connectivity index (χ0v) is 11.6. The standard InChI is InChI=1S/C15H21N3O/c1-3-18-9-7-14(8-10-18)16-17-15(19)13-6-4-5-12(2)11-13/h4-6,11H,3,7-10H2,1-2H3,(H,17,19). The van der Waals surface area contributed by atoms with Crippen LogP contribution in [0.15, 0.2) is 29.4 Å². The Hall–Kier alpha value is -1.68. The first-order valence-corrected chi connectivity index (χ1v) is 6.84. The summed E-state index contributed by atoms with van der Waals surface area (Å²) in [6, 6.07) is 7.54. The lowest BCUT2D eigenvalue weighted by molar-refractivity contribution is 0.0954. The van der Waals surface area contributed by atoms with Crippen LogP contribution < -0.4 is 5.43 Å². The molecule has 1 N–H and O–H groups in total. The maximum Gasteiger partial charge on any atom is 0.271 e. The van der Waals surface area contributed by atoms with Crippen molar-refractivity contribution in [3.8, 4) is 0 Å². The molecule has 4 heteroatoms. The van der Waals surface area contributed by atoms with Crippen molar-refractivity contribution in [2.45, 2.75) is 26.7 Å². The van der Waals surface area contributed by atoms with Crippen LogP contribution in [0.1, 0.15) is 35.7 Å². The molecule has 0 saturated carbocycles. The lowest BCUT2D eigenvalue weighted by Gasteiger charge is -2.25. The fourth-order valence-corrected chi connectivity index (χ4v) is 2.22. The number of hydrogen-bond acceptors (Lipinski definition) is 3. The highest BCUT2D eigenvalue weighted by molar-refractivity contribution is 5.95. The Morgan fingerprint density at radius 2 is 2.11 bits per heavy atom. The molecule has 0 spiro atoms. The number of nitrogens with one attached hydrogen (secondary N) is 1. The molecule has 0 radical (unpaired) electrons. The zero-order valence-electron chi connectivity index (χ0n) is 11.6. The van der Waals surface area contributed by atoms with Gasteiger partial charge in [-0.05, 0) is 25.6 Å². The summed E-state index contributed by atoms with van der Waals surface area (Å²) in [5.41, 5.74) is 5.49. The first-order chi connectivity index (χ1) is 9.19. The number of piperidine rings is 1. The van der Waals surface area contributed by atoms with Crippen molar-refractivity contribution in [3.63, 3.8) is 0 Å². The molecule has 0 unspecified atom stereocenters. The van der Waals surface area contributed by atoms with Gasteiger partial charge in [-0.25, -0.2) is 5.43 Å². The number of hydrazone groups is 1.